The summed E-state index contributed by atoms with van der Waals surface area (Å²) in [6.45, 7) is 0.242. The Kier molecular flexibility index (Phi) is 5.21. The molecule has 0 aliphatic carbocycles. The summed E-state index contributed by atoms with van der Waals surface area (Å²) < 4.78 is 47.1. The van der Waals surface area contributed by atoms with Crippen LogP contribution in [-0.2, 0) is 0 Å². The van der Waals surface area contributed by atoms with Crippen molar-refractivity contribution in [2.24, 2.45) is 0 Å². The third-order valence-corrected chi connectivity index (χ3v) is 3.59. The fourth-order valence-corrected chi connectivity index (χ4v) is 2.40. The van der Waals surface area contributed by atoms with Crippen LogP contribution in [0.15, 0.2) is 47.0 Å². The number of para-hydroxylation sites is 1. The molecular weight excluding hydrogens is 377 g/mol. The Morgan fingerprint density at radius 2 is 1.96 bits per heavy atom. The first-order valence-corrected chi connectivity index (χ1v) is 8.03. The van der Waals surface area contributed by atoms with Crippen LogP contribution in [0.2, 0.25) is 0 Å². The third kappa shape index (κ3) is 4.58. The number of rotatable bonds is 5. The average Bonchev–Trinajstić information content (AvgIpc) is 3.06. The number of alkyl halides is 3. The minimum absolute atomic E-state index is 0.00726. The van der Waals surface area contributed by atoms with Gasteiger partial charge in [-0.25, -0.2) is 4.98 Å². The molecule has 0 aliphatic heterocycles. The first kappa shape index (κ1) is 19.2. The molecule has 1 amide bonds. The van der Waals surface area contributed by atoms with Crippen molar-refractivity contribution in [1.29, 1.82) is 0 Å². The van der Waals surface area contributed by atoms with Gasteiger partial charge in [0.05, 0.1) is 5.69 Å². The van der Waals surface area contributed by atoms with E-state index in [0.29, 0.717) is 16.8 Å². The van der Waals surface area contributed by atoms with Gasteiger partial charge in [-0.1, -0.05) is 23.4 Å². The molecule has 3 rings (SSSR count). The molecule has 1 aromatic carbocycles. The molecule has 0 atom stereocenters. The van der Waals surface area contributed by atoms with E-state index in [2.05, 4.69) is 15.5 Å². The summed E-state index contributed by atoms with van der Waals surface area (Å²) in [5.74, 6) is -0.382. The van der Waals surface area contributed by atoms with E-state index in [1.54, 1.807) is 25.1 Å². The second kappa shape index (κ2) is 7.59. The highest BCUT2D eigenvalue weighted by molar-refractivity contribution is 6.02. The number of nitrogens with one attached hydrogen (secondary N) is 1. The number of benzene rings is 1. The minimum atomic E-state index is -4.47. The first-order chi connectivity index (χ1) is 13.2. The summed E-state index contributed by atoms with van der Waals surface area (Å²) in [6.07, 6.45) is -4.47. The van der Waals surface area contributed by atoms with Crippen molar-refractivity contribution >= 4 is 17.5 Å². The number of nitrogens with zero attached hydrogens (tertiary/aromatic N) is 2. The van der Waals surface area contributed by atoms with Gasteiger partial charge in [-0.3, -0.25) is 4.79 Å². The van der Waals surface area contributed by atoms with E-state index in [9.17, 15) is 18.0 Å². The fourth-order valence-electron chi connectivity index (χ4n) is 2.40. The van der Waals surface area contributed by atoms with E-state index in [-0.39, 0.29) is 23.1 Å². The molecule has 10 heteroatoms. The van der Waals surface area contributed by atoms with Crippen LogP contribution in [0.25, 0.3) is 11.1 Å². The summed E-state index contributed by atoms with van der Waals surface area (Å²) in [5, 5.41) is 6.13. The Labute approximate surface area is 157 Å². The van der Waals surface area contributed by atoms with Crippen LogP contribution in [0, 0.1) is 6.92 Å². The first-order valence-electron chi connectivity index (χ1n) is 8.03. The molecule has 0 radical (unpaired) electrons. The molecule has 0 saturated heterocycles. The van der Waals surface area contributed by atoms with Gasteiger partial charge in [0.15, 0.2) is 6.61 Å². The monoisotopic (exact) mass is 392 g/mol. The second-order valence-electron chi connectivity index (χ2n) is 5.82. The smallest absolute Gasteiger partial charge is 0.422 e. The van der Waals surface area contributed by atoms with Gasteiger partial charge in [0, 0.05) is 17.2 Å². The number of nitrogen functional groups attached to an aromatic ring is 1. The highest BCUT2D eigenvalue weighted by Crippen LogP contribution is 2.34. The van der Waals surface area contributed by atoms with E-state index in [0.717, 1.165) is 0 Å². The zero-order valence-corrected chi connectivity index (χ0v) is 14.6. The van der Waals surface area contributed by atoms with Gasteiger partial charge in [-0.15, -0.1) is 0 Å². The van der Waals surface area contributed by atoms with Gasteiger partial charge in [-0.05, 0) is 25.1 Å². The average molecular weight is 392 g/mol. The van der Waals surface area contributed by atoms with Crippen molar-refractivity contribution in [2.45, 2.75) is 13.1 Å². The van der Waals surface area contributed by atoms with Crippen LogP contribution in [0.1, 0.15) is 16.2 Å². The number of carbonyl (C=O) groups is 1. The number of hydrogen-bond acceptors (Lipinski definition) is 6. The number of pyridine rings is 1. The van der Waals surface area contributed by atoms with Crippen molar-refractivity contribution in [3.8, 4) is 16.9 Å². The van der Waals surface area contributed by atoms with Gasteiger partial charge >= 0.3 is 6.18 Å². The van der Waals surface area contributed by atoms with E-state index in [4.69, 9.17) is 15.0 Å². The Balaban J connectivity index is 1.82. The largest absolute Gasteiger partial charge is 0.483 e. The Morgan fingerprint density at radius 3 is 2.61 bits per heavy atom. The number of amides is 1. The predicted molar refractivity (Wildman–Crippen MR) is 94.8 cm³/mol. The van der Waals surface area contributed by atoms with Crippen molar-refractivity contribution in [1.82, 2.24) is 10.1 Å². The third-order valence-electron chi connectivity index (χ3n) is 3.59. The Morgan fingerprint density at radius 1 is 1.21 bits per heavy atom. The number of aromatic nitrogens is 2. The van der Waals surface area contributed by atoms with Crippen molar-refractivity contribution in [3.05, 3.63) is 53.9 Å². The van der Waals surface area contributed by atoms with Crippen LogP contribution in [-0.4, -0.2) is 28.8 Å². The van der Waals surface area contributed by atoms with Gasteiger partial charge in [0.1, 0.15) is 17.4 Å². The molecule has 7 nitrogen and oxygen atoms in total. The summed E-state index contributed by atoms with van der Waals surface area (Å²) in [6, 6.07) is 10.6. The zero-order valence-electron chi connectivity index (χ0n) is 14.6. The summed E-state index contributed by atoms with van der Waals surface area (Å²) in [4.78, 5) is 16.2. The maximum atomic E-state index is 12.5. The standard InChI is InChI=1S/C18H15F3N4O3/c1-10-8-14(28-25-10)17(26)24-15-7-6-12(16(22)23-15)11-4-2-3-5-13(11)27-9-18(19,20)21/h2-8H,9H2,1H3,(H3,22,23,24,26). The molecule has 2 heterocycles. The second-order valence-corrected chi connectivity index (χ2v) is 5.82. The Hall–Kier alpha value is -3.56. The lowest BCUT2D eigenvalue weighted by atomic mass is 10.1. The molecule has 0 aliphatic rings. The summed E-state index contributed by atoms with van der Waals surface area (Å²) >= 11 is 0. The fraction of sp³-hybridized carbons (Fsp3) is 0.167. The maximum absolute atomic E-state index is 12.5. The lowest BCUT2D eigenvalue weighted by Gasteiger charge is -2.14. The zero-order chi connectivity index (χ0) is 20.3. The molecule has 3 aromatic rings. The molecule has 2 aromatic heterocycles. The predicted octanol–water partition coefficient (Wildman–Crippen LogP) is 3.82. The topological polar surface area (TPSA) is 103 Å². The van der Waals surface area contributed by atoms with Crippen molar-refractivity contribution in [2.75, 3.05) is 17.7 Å². The van der Waals surface area contributed by atoms with Crippen LogP contribution >= 0.6 is 0 Å². The van der Waals surface area contributed by atoms with E-state index in [1.165, 1.54) is 24.3 Å². The van der Waals surface area contributed by atoms with E-state index >= 15 is 0 Å². The van der Waals surface area contributed by atoms with Crippen molar-refractivity contribution < 1.29 is 27.2 Å². The number of hydrogen-bond donors (Lipinski definition) is 2. The van der Waals surface area contributed by atoms with Crippen LogP contribution in [0.5, 0.6) is 5.75 Å². The van der Waals surface area contributed by atoms with Gasteiger partial charge < -0.3 is 20.3 Å². The van der Waals surface area contributed by atoms with Crippen LogP contribution < -0.4 is 15.8 Å². The molecule has 3 N–H and O–H groups in total. The summed E-state index contributed by atoms with van der Waals surface area (Å²) in [5.41, 5.74) is 7.21. The quantitative estimate of drug-likeness (QED) is 0.684. The van der Waals surface area contributed by atoms with Gasteiger partial charge in [0.25, 0.3) is 5.91 Å². The van der Waals surface area contributed by atoms with E-state index in [1.807, 2.05) is 0 Å². The van der Waals surface area contributed by atoms with E-state index < -0.39 is 18.7 Å². The molecule has 0 bridgehead atoms. The molecule has 0 unspecified atom stereocenters. The lowest BCUT2D eigenvalue weighted by Crippen LogP contribution is -2.19. The Bertz CT molecular complexity index is 1000. The maximum Gasteiger partial charge on any atom is 0.422 e. The van der Waals surface area contributed by atoms with Crippen LogP contribution in [0.3, 0.4) is 0 Å². The lowest BCUT2D eigenvalue weighted by molar-refractivity contribution is -0.153. The normalized spacial score (nSPS) is 11.3. The SMILES string of the molecule is Cc1cc(C(=O)Nc2ccc(-c3ccccc3OCC(F)(F)F)c(N)n2)on1. The number of anilines is 2. The molecular formula is C18H15F3N4O3. The van der Waals surface area contributed by atoms with Gasteiger partial charge in [-0.2, -0.15) is 13.2 Å². The summed E-state index contributed by atoms with van der Waals surface area (Å²) in [7, 11) is 0. The highest BCUT2D eigenvalue weighted by atomic mass is 19.4. The molecule has 0 fully saturated rings. The number of halogens is 3. The number of aryl methyl sites for hydroxylation is 1. The molecule has 0 saturated carbocycles. The number of ether oxygens (including phenoxy) is 1. The molecule has 146 valence electrons. The van der Waals surface area contributed by atoms with Crippen LogP contribution in [0.4, 0.5) is 24.8 Å². The van der Waals surface area contributed by atoms with Crippen molar-refractivity contribution in [3.63, 3.8) is 0 Å². The molecule has 28 heavy (non-hydrogen) atoms. The number of carbonyl (C=O) groups excluding carboxylic acids is 1. The highest BCUT2D eigenvalue weighted by Gasteiger charge is 2.29. The molecule has 0 spiro atoms. The van der Waals surface area contributed by atoms with Gasteiger partial charge in [0.2, 0.25) is 5.76 Å². The minimum Gasteiger partial charge on any atom is -0.483 e. The number of nitrogens with two attached hydrogens (primary N) is 1.